The van der Waals surface area contributed by atoms with Crippen molar-refractivity contribution < 1.29 is 9.53 Å². The lowest BCUT2D eigenvalue weighted by Crippen LogP contribution is -2.18. The Hall–Kier alpha value is -0.360. The summed E-state index contributed by atoms with van der Waals surface area (Å²) >= 11 is 0. The topological polar surface area (TPSA) is 26.3 Å². The van der Waals surface area contributed by atoms with Gasteiger partial charge in [-0.15, -0.1) is 7.92 Å². The minimum Gasteiger partial charge on any atom is -0.459 e. The number of hydrogen-bond donors (Lipinski definition) is 0. The van der Waals surface area contributed by atoms with Gasteiger partial charge in [-0.1, -0.05) is 20.4 Å². The first-order valence-electron chi connectivity index (χ1n) is 5.10. The average molecular weight is 216 g/mol. The summed E-state index contributed by atoms with van der Waals surface area (Å²) in [6.07, 6.45) is 3.47. The second-order valence-corrected chi connectivity index (χ2v) is 6.45. The third-order valence-electron chi connectivity index (χ3n) is 2.07. The quantitative estimate of drug-likeness (QED) is 0.387. The van der Waals surface area contributed by atoms with E-state index in [1.807, 2.05) is 6.92 Å². The molecule has 0 saturated heterocycles. The standard InChI is InChI=1S/C11H21O2P/c1-6-14(7-2)8-10(5)13-11(12)9(3)4/h10H,3,6-8H2,1-2,4-5H3. The molecule has 0 aliphatic rings. The van der Waals surface area contributed by atoms with Gasteiger partial charge in [-0.25, -0.2) is 4.79 Å². The summed E-state index contributed by atoms with van der Waals surface area (Å²) in [5, 5.41) is 0. The van der Waals surface area contributed by atoms with Gasteiger partial charge in [0.05, 0.1) is 0 Å². The molecule has 2 nitrogen and oxygen atoms in total. The first-order chi connectivity index (χ1) is 6.51. The van der Waals surface area contributed by atoms with Crippen LogP contribution in [0, 0.1) is 0 Å². The molecule has 0 aromatic rings. The van der Waals surface area contributed by atoms with Crippen molar-refractivity contribution in [2.24, 2.45) is 0 Å². The van der Waals surface area contributed by atoms with Crippen LogP contribution in [0.4, 0.5) is 0 Å². The molecule has 0 bridgehead atoms. The summed E-state index contributed by atoms with van der Waals surface area (Å²) in [5.41, 5.74) is 0.481. The van der Waals surface area contributed by atoms with E-state index < -0.39 is 0 Å². The lowest BCUT2D eigenvalue weighted by atomic mass is 10.3. The molecular formula is C11H21O2P. The fourth-order valence-corrected chi connectivity index (χ4v) is 2.93. The van der Waals surface area contributed by atoms with Crippen molar-refractivity contribution in [1.29, 1.82) is 0 Å². The maximum Gasteiger partial charge on any atom is 0.333 e. The van der Waals surface area contributed by atoms with E-state index >= 15 is 0 Å². The van der Waals surface area contributed by atoms with Crippen LogP contribution in [0.3, 0.4) is 0 Å². The van der Waals surface area contributed by atoms with Crippen molar-refractivity contribution in [1.82, 2.24) is 0 Å². The molecule has 0 heterocycles. The summed E-state index contributed by atoms with van der Waals surface area (Å²) in [6.45, 7) is 11.6. The average Bonchev–Trinajstić information content (AvgIpc) is 2.13. The summed E-state index contributed by atoms with van der Waals surface area (Å²) in [7, 11) is 0.0476. The zero-order valence-electron chi connectivity index (χ0n) is 9.67. The number of carbonyl (C=O) groups is 1. The van der Waals surface area contributed by atoms with E-state index in [0.717, 1.165) is 6.16 Å². The molecule has 14 heavy (non-hydrogen) atoms. The molecule has 0 aromatic heterocycles. The normalized spacial score (nSPS) is 12.6. The number of carbonyl (C=O) groups excluding carboxylic acids is 1. The fraction of sp³-hybridized carbons (Fsp3) is 0.727. The van der Waals surface area contributed by atoms with Gasteiger partial charge in [0.1, 0.15) is 6.10 Å². The Kier molecular flexibility index (Phi) is 6.82. The molecule has 0 aliphatic carbocycles. The van der Waals surface area contributed by atoms with E-state index in [1.165, 1.54) is 12.3 Å². The third kappa shape index (κ3) is 5.39. The first kappa shape index (κ1) is 13.6. The predicted molar refractivity (Wildman–Crippen MR) is 63.2 cm³/mol. The maximum absolute atomic E-state index is 11.2. The molecule has 3 heteroatoms. The zero-order chi connectivity index (χ0) is 11.1. The predicted octanol–water partition coefficient (Wildman–Crippen LogP) is 3.02. The van der Waals surface area contributed by atoms with Crippen LogP contribution in [-0.4, -0.2) is 30.6 Å². The van der Waals surface area contributed by atoms with E-state index in [4.69, 9.17) is 4.74 Å². The largest absolute Gasteiger partial charge is 0.459 e. The van der Waals surface area contributed by atoms with Gasteiger partial charge in [0.25, 0.3) is 0 Å². The molecule has 82 valence electrons. The van der Waals surface area contributed by atoms with Crippen LogP contribution in [0.25, 0.3) is 0 Å². The molecule has 0 N–H and O–H groups in total. The maximum atomic E-state index is 11.2. The van der Waals surface area contributed by atoms with Crippen molar-refractivity contribution in [2.75, 3.05) is 18.5 Å². The van der Waals surface area contributed by atoms with Crippen LogP contribution in [0.2, 0.25) is 0 Å². The minimum absolute atomic E-state index is 0.0326. The lowest BCUT2D eigenvalue weighted by molar-refractivity contribution is -0.142. The fourth-order valence-electron chi connectivity index (χ4n) is 1.17. The molecule has 0 amide bonds. The SMILES string of the molecule is C=C(C)C(=O)OC(C)CP(CC)CC. The van der Waals surface area contributed by atoms with Crippen molar-refractivity contribution in [3.8, 4) is 0 Å². The van der Waals surface area contributed by atoms with Gasteiger partial charge >= 0.3 is 5.97 Å². The Morgan fingerprint density at radius 2 is 1.93 bits per heavy atom. The molecule has 0 saturated carbocycles. The van der Waals surface area contributed by atoms with Crippen LogP contribution in [0.5, 0.6) is 0 Å². The Bertz CT molecular complexity index is 197. The molecule has 0 radical (unpaired) electrons. The monoisotopic (exact) mass is 216 g/mol. The van der Waals surface area contributed by atoms with Crippen LogP contribution in [0.15, 0.2) is 12.2 Å². The van der Waals surface area contributed by atoms with Gasteiger partial charge in [0.15, 0.2) is 0 Å². The minimum atomic E-state index is -0.264. The van der Waals surface area contributed by atoms with E-state index in [1.54, 1.807) is 6.92 Å². The molecular weight excluding hydrogens is 195 g/mol. The highest BCUT2D eigenvalue weighted by atomic mass is 31.1. The van der Waals surface area contributed by atoms with Crippen LogP contribution < -0.4 is 0 Å². The molecule has 0 aliphatic heterocycles. The van der Waals surface area contributed by atoms with Crippen LogP contribution in [0.1, 0.15) is 27.7 Å². The van der Waals surface area contributed by atoms with Crippen LogP contribution >= 0.6 is 7.92 Å². The summed E-state index contributed by atoms with van der Waals surface area (Å²) in [6, 6.07) is 0. The van der Waals surface area contributed by atoms with Gasteiger partial charge in [0, 0.05) is 11.7 Å². The first-order valence-corrected chi connectivity index (χ1v) is 6.99. The molecule has 1 atom stereocenters. The Morgan fingerprint density at radius 1 is 1.43 bits per heavy atom. The van der Waals surface area contributed by atoms with Gasteiger partial charge < -0.3 is 4.74 Å². The summed E-state index contributed by atoms with van der Waals surface area (Å²) in [5.74, 6) is -0.264. The van der Waals surface area contributed by atoms with Crippen molar-refractivity contribution >= 4 is 13.9 Å². The Labute approximate surface area is 88.5 Å². The van der Waals surface area contributed by atoms with Gasteiger partial charge in [-0.2, -0.15) is 0 Å². The highest BCUT2D eigenvalue weighted by Crippen LogP contribution is 2.35. The van der Waals surface area contributed by atoms with E-state index in [2.05, 4.69) is 20.4 Å². The van der Waals surface area contributed by atoms with E-state index in [-0.39, 0.29) is 20.0 Å². The molecule has 0 aromatic carbocycles. The highest BCUT2D eigenvalue weighted by Gasteiger charge is 2.13. The number of ether oxygens (including phenoxy) is 1. The van der Waals surface area contributed by atoms with Crippen LogP contribution in [-0.2, 0) is 9.53 Å². The highest BCUT2D eigenvalue weighted by molar-refractivity contribution is 7.57. The van der Waals surface area contributed by atoms with Gasteiger partial charge in [-0.3, -0.25) is 0 Å². The number of esters is 1. The van der Waals surface area contributed by atoms with E-state index in [9.17, 15) is 4.79 Å². The second kappa shape index (κ2) is 7.00. The summed E-state index contributed by atoms with van der Waals surface area (Å²) in [4.78, 5) is 11.2. The van der Waals surface area contributed by atoms with Crippen molar-refractivity contribution in [3.63, 3.8) is 0 Å². The van der Waals surface area contributed by atoms with E-state index in [0.29, 0.717) is 5.57 Å². The number of hydrogen-bond acceptors (Lipinski definition) is 2. The molecule has 1 unspecified atom stereocenters. The summed E-state index contributed by atoms with van der Waals surface area (Å²) < 4.78 is 5.22. The Morgan fingerprint density at radius 3 is 2.29 bits per heavy atom. The smallest absolute Gasteiger partial charge is 0.333 e. The molecule has 0 spiro atoms. The lowest BCUT2D eigenvalue weighted by Gasteiger charge is -2.19. The second-order valence-electron chi connectivity index (χ2n) is 3.48. The van der Waals surface area contributed by atoms with Gasteiger partial charge in [-0.05, 0) is 26.2 Å². The molecule has 0 rings (SSSR count). The Balaban J connectivity index is 3.90. The third-order valence-corrected chi connectivity index (χ3v) is 4.89. The van der Waals surface area contributed by atoms with Crippen molar-refractivity contribution in [3.05, 3.63) is 12.2 Å². The van der Waals surface area contributed by atoms with Gasteiger partial charge in [0.2, 0.25) is 0 Å². The number of rotatable bonds is 6. The van der Waals surface area contributed by atoms with Crippen molar-refractivity contribution in [2.45, 2.75) is 33.8 Å². The molecule has 0 fully saturated rings. The zero-order valence-corrected chi connectivity index (χ0v) is 10.6.